The highest BCUT2D eigenvalue weighted by Gasteiger charge is 2.48. The summed E-state index contributed by atoms with van der Waals surface area (Å²) in [5.74, 6) is -0.399. The van der Waals surface area contributed by atoms with Crippen LogP contribution in [0.4, 0.5) is 0 Å². The zero-order valence-corrected chi connectivity index (χ0v) is 20.9. The van der Waals surface area contributed by atoms with Crippen LogP contribution in [0.3, 0.4) is 0 Å². The Morgan fingerprint density at radius 1 is 1.17 bits per heavy atom. The minimum absolute atomic E-state index is 0.0840. The highest BCUT2D eigenvalue weighted by Crippen LogP contribution is 2.49. The summed E-state index contributed by atoms with van der Waals surface area (Å²) in [5.41, 5.74) is 8.76. The maximum absolute atomic E-state index is 13.6. The van der Waals surface area contributed by atoms with Crippen LogP contribution in [-0.4, -0.2) is 30.9 Å². The van der Waals surface area contributed by atoms with Crippen molar-refractivity contribution in [3.05, 3.63) is 82.2 Å². The summed E-state index contributed by atoms with van der Waals surface area (Å²) in [5, 5.41) is 9.28. The average Bonchev–Trinajstić information content (AvgIpc) is 3.35. The van der Waals surface area contributed by atoms with Crippen LogP contribution < -0.4 is 5.73 Å². The number of guanidine groups is 1. The molecule has 178 valence electrons. The molecule has 2 N–H and O–H groups in total. The van der Waals surface area contributed by atoms with E-state index in [-0.39, 0.29) is 17.5 Å². The van der Waals surface area contributed by atoms with Crippen molar-refractivity contribution in [1.29, 1.82) is 5.26 Å². The quantitative estimate of drug-likeness (QED) is 0.545. The Bertz CT molecular complexity index is 1340. The van der Waals surface area contributed by atoms with Gasteiger partial charge in [-0.1, -0.05) is 36.4 Å². The van der Waals surface area contributed by atoms with E-state index in [2.05, 4.69) is 18.2 Å². The van der Waals surface area contributed by atoms with Crippen LogP contribution in [0.1, 0.15) is 53.7 Å². The van der Waals surface area contributed by atoms with Crippen molar-refractivity contribution < 1.29 is 9.53 Å². The second-order valence-electron chi connectivity index (χ2n) is 9.48. The summed E-state index contributed by atoms with van der Waals surface area (Å²) >= 11 is 1.58. The topological polar surface area (TPSA) is 91.7 Å². The monoisotopic (exact) mass is 484 g/mol. The number of carbonyl (C=O) groups excluding carboxylic acids is 1. The van der Waals surface area contributed by atoms with Gasteiger partial charge in [-0.15, -0.1) is 11.3 Å². The Morgan fingerprint density at radius 2 is 1.91 bits per heavy atom. The molecule has 2 atom stereocenters. The van der Waals surface area contributed by atoms with Crippen LogP contribution in [0.15, 0.2) is 65.7 Å². The number of amides is 1. The highest BCUT2D eigenvalue weighted by molar-refractivity contribution is 7.15. The van der Waals surface area contributed by atoms with Crippen LogP contribution >= 0.6 is 11.3 Å². The van der Waals surface area contributed by atoms with Crippen LogP contribution in [-0.2, 0) is 20.7 Å². The van der Waals surface area contributed by atoms with Gasteiger partial charge in [-0.2, -0.15) is 5.26 Å². The molecule has 7 heteroatoms. The molecule has 0 spiro atoms. The number of nitrogens with zero attached hydrogens (tertiary/aromatic N) is 3. The molecule has 0 radical (unpaired) electrons. The molecule has 5 rings (SSSR count). The van der Waals surface area contributed by atoms with Crippen molar-refractivity contribution in [2.45, 2.75) is 43.2 Å². The molecule has 1 fully saturated rings. The molecule has 35 heavy (non-hydrogen) atoms. The Labute approximate surface area is 209 Å². The Morgan fingerprint density at radius 3 is 2.54 bits per heavy atom. The van der Waals surface area contributed by atoms with Crippen LogP contribution in [0.2, 0.25) is 0 Å². The highest BCUT2D eigenvalue weighted by atomic mass is 32.1. The lowest BCUT2D eigenvalue weighted by atomic mass is 9.73. The lowest BCUT2D eigenvalue weighted by Gasteiger charge is -2.42. The molecule has 1 amide bonds. The number of nitriles is 1. The number of hydrogen-bond acceptors (Lipinski definition) is 6. The van der Waals surface area contributed by atoms with E-state index in [1.54, 1.807) is 31.6 Å². The molecule has 2 aromatic carbocycles. The third-order valence-electron chi connectivity index (χ3n) is 7.53. The number of benzene rings is 2. The molecule has 0 bridgehead atoms. The lowest BCUT2D eigenvalue weighted by molar-refractivity contribution is -0.130. The maximum Gasteiger partial charge on any atom is 0.239 e. The van der Waals surface area contributed by atoms with E-state index in [1.165, 1.54) is 4.90 Å². The number of aliphatic imine (C=N–C) groups is 1. The fourth-order valence-corrected chi connectivity index (χ4v) is 6.31. The van der Waals surface area contributed by atoms with Gasteiger partial charge in [-0.3, -0.25) is 9.69 Å². The Kier molecular flexibility index (Phi) is 5.74. The standard InChI is InChI=1S/C28H28N4O2S/c1-27(23-13-12-22(35-23)20-7-4-6-18(16-20)17-29)24(25(33)32(2)26(30)31-27)19-8-10-21(11-9-19)28(34-3)14-5-15-28/h4,6-13,16,24H,5,14-15H2,1-3H3,(H2,30,31)/t24?,27-/m1/s1. The van der Waals surface area contributed by atoms with Gasteiger partial charge in [0, 0.05) is 23.9 Å². The third-order valence-corrected chi connectivity index (χ3v) is 8.89. The molecule has 1 aliphatic carbocycles. The zero-order valence-electron chi connectivity index (χ0n) is 20.1. The van der Waals surface area contributed by atoms with Crippen molar-refractivity contribution in [3.8, 4) is 16.5 Å². The summed E-state index contributed by atoms with van der Waals surface area (Å²) in [6.45, 7) is 1.98. The van der Waals surface area contributed by atoms with Gasteiger partial charge < -0.3 is 10.5 Å². The first-order chi connectivity index (χ1) is 16.8. The average molecular weight is 485 g/mol. The number of ether oxygens (including phenoxy) is 1. The molecule has 1 saturated carbocycles. The normalized spacial score (nSPS) is 23.4. The van der Waals surface area contributed by atoms with E-state index in [0.29, 0.717) is 5.56 Å². The first-order valence-electron chi connectivity index (χ1n) is 11.7. The molecule has 0 saturated heterocycles. The molecule has 2 aliphatic rings. The molecule has 1 unspecified atom stereocenters. The first-order valence-corrected chi connectivity index (χ1v) is 12.5. The van der Waals surface area contributed by atoms with Gasteiger partial charge in [0.25, 0.3) is 0 Å². The number of likely N-dealkylation sites (N-methyl/N-ethyl adjacent to an activating group) is 1. The van der Waals surface area contributed by atoms with Gasteiger partial charge in [0.15, 0.2) is 5.96 Å². The van der Waals surface area contributed by atoms with Gasteiger partial charge in [0.2, 0.25) is 5.91 Å². The smallest absolute Gasteiger partial charge is 0.239 e. The molecule has 1 aliphatic heterocycles. The Balaban J connectivity index is 1.56. The summed E-state index contributed by atoms with van der Waals surface area (Å²) < 4.78 is 5.84. The van der Waals surface area contributed by atoms with Crippen molar-refractivity contribution in [2.75, 3.05) is 14.2 Å². The molecule has 2 heterocycles. The van der Waals surface area contributed by atoms with Gasteiger partial charge in [-0.05, 0) is 67.1 Å². The second kappa shape index (κ2) is 8.63. The number of thiophene rings is 1. The van der Waals surface area contributed by atoms with E-state index in [4.69, 9.17) is 15.5 Å². The molecular weight excluding hydrogens is 456 g/mol. The Hall–Kier alpha value is -3.47. The van der Waals surface area contributed by atoms with Crippen LogP contribution in [0, 0.1) is 11.3 Å². The number of hydrogen-bond donors (Lipinski definition) is 1. The fourth-order valence-electron chi connectivity index (χ4n) is 5.18. The van der Waals surface area contributed by atoms with Gasteiger partial charge in [0.1, 0.15) is 5.54 Å². The van der Waals surface area contributed by atoms with Crippen LogP contribution in [0.25, 0.3) is 10.4 Å². The minimum Gasteiger partial charge on any atom is -0.374 e. The van der Waals surface area contributed by atoms with E-state index in [1.807, 2.05) is 49.4 Å². The van der Waals surface area contributed by atoms with Crippen molar-refractivity contribution in [2.24, 2.45) is 10.7 Å². The van der Waals surface area contributed by atoms with Gasteiger partial charge >= 0.3 is 0 Å². The summed E-state index contributed by atoms with van der Waals surface area (Å²) in [6.07, 6.45) is 3.18. The number of carbonyl (C=O) groups is 1. The molecule has 1 aromatic heterocycles. The number of rotatable bonds is 5. The van der Waals surface area contributed by atoms with E-state index < -0.39 is 11.5 Å². The largest absolute Gasteiger partial charge is 0.374 e. The molecule has 6 nitrogen and oxygen atoms in total. The zero-order chi connectivity index (χ0) is 24.8. The van der Waals surface area contributed by atoms with Crippen molar-refractivity contribution in [1.82, 2.24) is 4.90 Å². The summed E-state index contributed by atoms with van der Waals surface area (Å²) in [7, 11) is 3.44. The number of methoxy groups -OCH3 is 1. The molecular formula is C28H28N4O2S. The van der Waals surface area contributed by atoms with Gasteiger partial charge in [0.05, 0.1) is 23.2 Å². The maximum atomic E-state index is 13.6. The predicted octanol–water partition coefficient (Wildman–Crippen LogP) is 5.10. The summed E-state index contributed by atoms with van der Waals surface area (Å²) in [4.78, 5) is 21.9. The lowest BCUT2D eigenvalue weighted by Crippen LogP contribution is -2.52. The van der Waals surface area contributed by atoms with Crippen molar-refractivity contribution >= 4 is 23.2 Å². The third kappa shape index (κ3) is 3.74. The minimum atomic E-state index is -0.861. The van der Waals surface area contributed by atoms with Crippen molar-refractivity contribution in [3.63, 3.8) is 0 Å². The predicted molar refractivity (Wildman–Crippen MR) is 138 cm³/mol. The SMILES string of the molecule is COC1(c2ccc(C3C(=O)N(C)C(N)=N[C@]3(C)c3ccc(-c4cccc(C#N)c4)s3)cc2)CCC1. The second-order valence-corrected chi connectivity index (χ2v) is 10.6. The van der Waals surface area contributed by atoms with E-state index in [9.17, 15) is 10.1 Å². The van der Waals surface area contributed by atoms with Gasteiger partial charge in [-0.25, -0.2) is 4.99 Å². The van der Waals surface area contributed by atoms with E-state index in [0.717, 1.165) is 45.7 Å². The molecule has 3 aromatic rings. The summed E-state index contributed by atoms with van der Waals surface area (Å²) in [6, 6.07) is 22.0. The first kappa shape index (κ1) is 23.3. The van der Waals surface area contributed by atoms with E-state index >= 15 is 0 Å². The fraction of sp³-hybridized carbons (Fsp3) is 0.321. The number of nitrogens with two attached hydrogens (primary N) is 1. The van der Waals surface area contributed by atoms with Crippen LogP contribution in [0.5, 0.6) is 0 Å².